The second-order valence-corrected chi connectivity index (χ2v) is 3.77. The highest BCUT2D eigenvalue weighted by Gasteiger charge is 2.41. The molecule has 0 saturated carbocycles. The van der Waals surface area contributed by atoms with Gasteiger partial charge in [-0.1, -0.05) is 32.4 Å². The topological polar surface area (TPSA) is 12.5 Å². The molecule has 1 nitrogen and oxygen atoms in total. The Morgan fingerprint density at radius 3 is 2.83 bits per heavy atom. The average Bonchev–Trinajstić information content (AvgIpc) is 2.83. The van der Waals surface area contributed by atoms with Gasteiger partial charge in [-0.2, -0.15) is 0 Å². The molecule has 0 amide bonds. The third-order valence-electron chi connectivity index (χ3n) is 2.09. The Morgan fingerprint density at radius 2 is 2.25 bits per heavy atom. The first-order valence-corrected chi connectivity index (χ1v) is 5.19. The molecule has 2 heteroatoms. The van der Waals surface area contributed by atoms with Gasteiger partial charge in [0.25, 0.3) is 0 Å². The van der Waals surface area contributed by atoms with Crippen LogP contribution in [0.3, 0.4) is 0 Å². The Hall–Kier alpha value is -0.0100. The highest BCUT2D eigenvalue weighted by molar-refractivity contribution is 6.21. The number of hydrogen-bond acceptors (Lipinski definition) is 1. The molecule has 1 aliphatic rings. The molecule has 1 rings (SSSR count). The van der Waals surface area contributed by atoms with E-state index in [2.05, 4.69) is 26.0 Å². The standard InChI is InChI=1S/C10H17ClO/c1-3-5-6-7-9-10(12-9)8(11)4-2/h6-10H,3-5H2,1-2H3/b7-6-/t8-,9-,10-/m1/s1. The number of hydrogen-bond donors (Lipinski definition) is 0. The molecule has 12 heavy (non-hydrogen) atoms. The van der Waals surface area contributed by atoms with E-state index in [4.69, 9.17) is 16.3 Å². The van der Waals surface area contributed by atoms with Crippen molar-refractivity contribution in [2.45, 2.75) is 50.7 Å². The molecule has 1 aliphatic heterocycles. The van der Waals surface area contributed by atoms with Crippen molar-refractivity contribution in [3.8, 4) is 0 Å². The number of ether oxygens (including phenoxy) is 1. The summed E-state index contributed by atoms with van der Waals surface area (Å²) in [4.78, 5) is 0. The summed E-state index contributed by atoms with van der Waals surface area (Å²) in [7, 11) is 0. The average molecular weight is 189 g/mol. The lowest BCUT2D eigenvalue weighted by atomic mass is 10.2. The lowest BCUT2D eigenvalue weighted by Crippen LogP contribution is -2.07. The van der Waals surface area contributed by atoms with Gasteiger partial charge >= 0.3 is 0 Å². The molecular weight excluding hydrogens is 172 g/mol. The van der Waals surface area contributed by atoms with Crippen LogP contribution in [0.1, 0.15) is 33.1 Å². The van der Waals surface area contributed by atoms with Crippen LogP contribution in [0.4, 0.5) is 0 Å². The summed E-state index contributed by atoms with van der Waals surface area (Å²) in [6.45, 7) is 4.26. The van der Waals surface area contributed by atoms with Gasteiger partial charge in [0.2, 0.25) is 0 Å². The molecule has 3 atom stereocenters. The van der Waals surface area contributed by atoms with Gasteiger partial charge in [-0.15, -0.1) is 11.6 Å². The minimum atomic E-state index is 0.196. The first kappa shape index (κ1) is 10.1. The smallest absolute Gasteiger partial charge is 0.104 e. The Morgan fingerprint density at radius 1 is 1.50 bits per heavy atom. The van der Waals surface area contributed by atoms with Gasteiger partial charge in [-0.3, -0.25) is 0 Å². The summed E-state index contributed by atoms with van der Waals surface area (Å²) in [5.74, 6) is 0. The molecule has 70 valence electrons. The number of rotatable bonds is 5. The number of halogens is 1. The van der Waals surface area contributed by atoms with Crippen molar-refractivity contribution in [3.05, 3.63) is 12.2 Å². The van der Waals surface area contributed by atoms with Gasteiger partial charge in [0.15, 0.2) is 0 Å². The van der Waals surface area contributed by atoms with Crippen LogP contribution in [0.15, 0.2) is 12.2 Å². The molecule has 1 fully saturated rings. The van der Waals surface area contributed by atoms with E-state index in [9.17, 15) is 0 Å². The van der Waals surface area contributed by atoms with Crippen molar-refractivity contribution in [3.63, 3.8) is 0 Å². The van der Waals surface area contributed by atoms with E-state index in [1.54, 1.807) is 0 Å². The maximum atomic E-state index is 6.01. The Bertz CT molecular complexity index is 156. The van der Waals surface area contributed by atoms with Gasteiger partial charge in [-0.25, -0.2) is 0 Å². The molecule has 1 heterocycles. The molecule has 0 aromatic rings. The van der Waals surface area contributed by atoms with Crippen LogP contribution in [0.5, 0.6) is 0 Å². The minimum absolute atomic E-state index is 0.196. The molecule has 0 spiro atoms. The van der Waals surface area contributed by atoms with Gasteiger partial charge in [0.05, 0.1) is 5.38 Å². The SMILES string of the molecule is CCC/C=C\[C@H]1O[C@@H]1[C@H](Cl)CC. The van der Waals surface area contributed by atoms with Crippen LogP contribution in [-0.4, -0.2) is 17.6 Å². The zero-order chi connectivity index (χ0) is 8.97. The fourth-order valence-electron chi connectivity index (χ4n) is 1.21. The third kappa shape index (κ3) is 2.80. The zero-order valence-corrected chi connectivity index (χ0v) is 8.55. The highest BCUT2D eigenvalue weighted by atomic mass is 35.5. The van der Waals surface area contributed by atoms with E-state index in [0.717, 1.165) is 12.8 Å². The summed E-state index contributed by atoms with van der Waals surface area (Å²) in [5, 5.41) is 0.196. The molecule has 0 N–H and O–H groups in total. The van der Waals surface area contributed by atoms with Crippen LogP contribution in [0.2, 0.25) is 0 Å². The van der Waals surface area contributed by atoms with Crippen molar-refractivity contribution in [2.75, 3.05) is 0 Å². The quantitative estimate of drug-likeness (QED) is 0.367. The largest absolute Gasteiger partial charge is 0.364 e. The molecule has 0 aromatic heterocycles. The van der Waals surface area contributed by atoms with Crippen molar-refractivity contribution in [2.24, 2.45) is 0 Å². The molecule has 1 saturated heterocycles. The van der Waals surface area contributed by atoms with Crippen molar-refractivity contribution < 1.29 is 4.74 Å². The Kier molecular flexibility index (Phi) is 4.10. The second kappa shape index (κ2) is 4.88. The fraction of sp³-hybridized carbons (Fsp3) is 0.800. The normalized spacial score (nSPS) is 30.9. The first-order chi connectivity index (χ1) is 5.79. The van der Waals surface area contributed by atoms with E-state index in [1.807, 2.05) is 0 Å². The summed E-state index contributed by atoms with van der Waals surface area (Å²) in [6, 6.07) is 0. The van der Waals surface area contributed by atoms with Crippen LogP contribution in [-0.2, 0) is 4.74 Å². The minimum Gasteiger partial charge on any atom is -0.364 e. The molecule has 0 aromatic carbocycles. The number of unbranched alkanes of at least 4 members (excludes halogenated alkanes) is 1. The summed E-state index contributed by atoms with van der Waals surface area (Å²) in [6.07, 6.45) is 8.24. The van der Waals surface area contributed by atoms with Gasteiger partial charge in [0, 0.05) is 0 Å². The van der Waals surface area contributed by atoms with E-state index in [-0.39, 0.29) is 11.5 Å². The summed E-state index contributed by atoms with van der Waals surface area (Å²) >= 11 is 6.01. The molecule has 0 radical (unpaired) electrons. The summed E-state index contributed by atoms with van der Waals surface area (Å²) < 4.78 is 5.40. The fourth-order valence-corrected chi connectivity index (χ4v) is 1.41. The van der Waals surface area contributed by atoms with Gasteiger partial charge in [0.1, 0.15) is 12.2 Å². The van der Waals surface area contributed by atoms with Crippen molar-refractivity contribution in [1.29, 1.82) is 0 Å². The van der Waals surface area contributed by atoms with E-state index < -0.39 is 0 Å². The monoisotopic (exact) mass is 188 g/mol. The van der Waals surface area contributed by atoms with Crippen LogP contribution >= 0.6 is 11.6 Å². The highest BCUT2D eigenvalue weighted by Crippen LogP contribution is 2.31. The molecular formula is C10H17ClO. The maximum Gasteiger partial charge on any atom is 0.104 e. The molecule has 0 unspecified atom stereocenters. The molecule has 0 bridgehead atoms. The zero-order valence-electron chi connectivity index (χ0n) is 7.79. The van der Waals surface area contributed by atoms with Crippen molar-refractivity contribution >= 4 is 11.6 Å². The number of alkyl halides is 1. The number of allylic oxidation sites excluding steroid dienone is 1. The van der Waals surface area contributed by atoms with E-state index in [0.29, 0.717) is 6.10 Å². The van der Waals surface area contributed by atoms with Gasteiger partial charge < -0.3 is 4.74 Å². The first-order valence-electron chi connectivity index (χ1n) is 4.75. The lowest BCUT2D eigenvalue weighted by Gasteiger charge is -1.97. The molecule has 0 aliphatic carbocycles. The Balaban J connectivity index is 2.15. The second-order valence-electron chi connectivity index (χ2n) is 3.21. The lowest BCUT2D eigenvalue weighted by molar-refractivity contribution is 0.380. The van der Waals surface area contributed by atoms with Crippen LogP contribution in [0, 0.1) is 0 Å². The number of epoxide rings is 1. The van der Waals surface area contributed by atoms with Gasteiger partial charge in [-0.05, 0) is 12.8 Å². The Labute approximate surface area is 79.7 Å². The van der Waals surface area contributed by atoms with Crippen LogP contribution in [0.25, 0.3) is 0 Å². The maximum absolute atomic E-state index is 6.01. The van der Waals surface area contributed by atoms with E-state index in [1.165, 1.54) is 6.42 Å². The van der Waals surface area contributed by atoms with E-state index >= 15 is 0 Å². The predicted molar refractivity (Wildman–Crippen MR) is 52.6 cm³/mol. The predicted octanol–water partition coefficient (Wildman–Crippen LogP) is 3.13. The van der Waals surface area contributed by atoms with Crippen molar-refractivity contribution in [1.82, 2.24) is 0 Å². The third-order valence-corrected chi connectivity index (χ3v) is 2.65. The van der Waals surface area contributed by atoms with Crippen LogP contribution < -0.4 is 0 Å². The summed E-state index contributed by atoms with van der Waals surface area (Å²) in [5.41, 5.74) is 0.